The summed E-state index contributed by atoms with van der Waals surface area (Å²) < 4.78 is 2.53. The van der Waals surface area contributed by atoms with E-state index < -0.39 is 0 Å². The molecule has 2 aliphatic rings. The highest BCUT2D eigenvalue weighted by molar-refractivity contribution is 5.91. The highest BCUT2D eigenvalue weighted by atomic mass is 16.2. The van der Waals surface area contributed by atoms with E-state index in [1.54, 1.807) is 0 Å². The lowest BCUT2D eigenvalue weighted by Crippen LogP contribution is -2.39. The number of fused-ring (bicyclic) bond motifs is 3. The molecule has 5 rings (SSSR count). The maximum atomic E-state index is 13.0. The van der Waals surface area contributed by atoms with Crippen LogP contribution in [-0.4, -0.2) is 22.0 Å². The summed E-state index contributed by atoms with van der Waals surface area (Å²) in [5.41, 5.74) is 6.21. The van der Waals surface area contributed by atoms with Gasteiger partial charge in [-0.15, -0.1) is 0 Å². The lowest BCUT2D eigenvalue weighted by molar-refractivity contribution is 0.206. The molecule has 0 spiro atoms. The first kappa shape index (κ1) is 17.4. The Morgan fingerprint density at radius 2 is 1.89 bits per heavy atom. The summed E-state index contributed by atoms with van der Waals surface area (Å²) in [4.78, 5) is 14.9. The molecule has 0 atom stereocenters. The van der Waals surface area contributed by atoms with Crippen LogP contribution < -0.4 is 5.32 Å². The topological polar surface area (TPSA) is 37.3 Å². The lowest BCUT2D eigenvalue weighted by atomic mass is 10.0. The minimum absolute atomic E-state index is 0.00516. The van der Waals surface area contributed by atoms with Gasteiger partial charge in [0.15, 0.2) is 0 Å². The zero-order valence-corrected chi connectivity index (χ0v) is 16.4. The fourth-order valence-corrected chi connectivity index (χ4v) is 4.49. The maximum absolute atomic E-state index is 13.0. The molecule has 0 unspecified atom stereocenters. The molecule has 144 valence electrons. The van der Waals surface area contributed by atoms with Gasteiger partial charge in [-0.1, -0.05) is 43.3 Å². The molecule has 1 fully saturated rings. The van der Waals surface area contributed by atoms with Gasteiger partial charge in [0, 0.05) is 53.9 Å². The van der Waals surface area contributed by atoms with Crippen LogP contribution in [0, 0.1) is 5.92 Å². The number of anilines is 1. The predicted octanol–water partition coefficient (Wildman–Crippen LogP) is 5.20. The molecular weight excluding hydrogens is 346 g/mol. The number of hydrogen-bond acceptors (Lipinski definition) is 1. The maximum Gasteiger partial charge on any atom is 0.322 e. The number of amides is 2. The smallest absolute Gasteiger partial charge is 0.322 e. The largest absolute Gasteiger partial charge is 0.344 e. The van der Waals surface area contributed by atoms with Gasteiger partial charge in [-0.05, 0) is 42.9 Å². The van der Waals surface area contributed by atoms with Gasteiger partial charge in [0.25, 0.3) is 0 Å². The van der Waals surface area contributed by atoms with Gasteiger partial charge in [0.2, 0.25) is 0 Å². The number of nitrogens with one attached hydrogen (secondary N) is 1. The molecule has 1 saturated carbocycles. The van der Waals surface area contributed by atoms with E-state index in [-0.39, 0.29) is 6.03 Å². The number of carbonyl (C=O) groups excluding carboxylic acids is 1. The molecule has 2 amide bonds. The fourth-order valence-electron chi connectivity index (χ4n) is 4.49. The molecule has 28 heavy (non-hydrogen) atoms. The van der Waals surface area contributed by atoms with Crippen molar-refractivity contribution in [2.45, 2.75) is 45.7 Å². The summed E-state index contributed by atoms with van der Waals surface area (Å²) in [6.07, 6.45) is 4.55. The Balaban J connectivity index is 1.42. The number of urea groups is 1. The quantitative estimate of drug-likeness (QED) is 0.670. The second kappa shape index (κ2) is 7.01. The average Bonchev–Trinajstić information content (AvgIpc) is 3.51. The van der Waals surface area contributed by atoms with Crippen molar-refractivity contribution in [3.8, 4) is 0 Å². The minimum Gasteiger partial charge on any atom is -0.344 e. The molecule has 2 aromatic carbocycles. The Hall–Kier alpha value is -2.75. The van der Waals surface area contributed by atoms with E-state index in [1.807, 2.05) is 23.1 Å². The van der Waals surface area contributed by atoms with E-state index in [0.717, 1.165) is 37.5 Å². The molecule has 1 aromatic heterocycles. The van der Waals surface area contributed by atoms with Gasteiger partial charge in [0.1, 0.15) is 0 Å². The highest BCUT2D eigenvalue weighted by Gasteiger charge is 2.29. The van der Waals surface area contributed by atoms with Crippen molar-refractivity contribution in [3.63, 3.8) is 0 Å². The van der Waals surface area contributed by atoms with Crippen molar-refractivity contribution in [2.75, 3.05) is 11.9 Å². The van der Waals surface area contributed by atoms with Crippen LogP contribution in [0.1, 0.15) is 36.6 Å². The van der Waals surface area contributed by atoms with Gasteiger partial charge in [-0.3, -0.25) is 0 Å². The predicted molar refractivity (Wildman–Crippen MR) is 114 cm³/mol. The van der Waals surface area contributed by atoms with Crippen LogP contribution in [0.5, 0.6) is 0 Å². The fraction of sp³-hybridized carbons (Fsp3) is 0.375. The van der Waals surface area contributed by atoms with Gasteiger partial charge >= 0.3 is 6.03 Å². The molecule has 3 aromatic rings. The van der Waals surface area contributed by atoms with Crippen LogP contribution in [0.2, 0.25) is 0 Å². The third-order valence-corrected chi connectivity index (χ3v) is 6.23. The van der Waals surface area contributed by atoms with Crippen LogP contribution in [-0.2, 0) is 25.9 Å². The Morgan fingerprint density at radius 3 is 2.71 bits per heavy atom. The summed E-state index contributed by atoms with van der Waals surface area (Å²) in [5.74, 6) is 0.840. The van der Waals surface area contributed by atoms with Crippen molar-refractivity contribution in [1.29, 1.82) is 0 Å². The van der Waals surface area contributed by atoms with Gasteiger partial charge in [-0.2, -0.15) is 0 Å². The second-order valence-electron chi connectivity index (χ2n) is 8.11. The minimum atomic E-state index is 0.00516. The van der Waals surface area contributed by atoms with E-state index >= 15 is 0 Å². The Morgan fingerprint density at radius 1 is 1.11 bits per heavy atom. The van der Waals surface area contributed by atoms with E-state index in [4.69, 9.17) is 0 Å². The van der Waals surface area contributed by atoms with Crippen LogP contribution in [0.15, 0.2) is 48.5 Å². The molecule has 0 radical (unpaired) electrons. The number of aryl methyl sites for hydroxylation is 1. The molecule has 1 aliphatic heterocycles. The molecule has 1 aliphatic carbocycles. The van der Waals surface area contributed by atoms with Crippen LogP contribution in [0.25, 0.3) is 10.9 Å². The summed E-state index contributed by atoms with van der Waals surface area (Å²) in [6, 6.07) is 16.8. The highest BCUT2D eigenvalue weighted by Crippen LogP contribution is 2.36. The van der Waals surface area contributed by atoms with Crippen LogP contribution in [0.3, 0.4) is 0 Å². The van der Waals surface area contributed by atoms with E-state index in [0.29, 0.717) is 6.54 Å². The standard InChI is InChI=1S/C24H27N3O/c1-2-18-7-3-5-9-21(18)25-24(28)26-14-13-23-20(16-26)19-8-4-6-10-22(19)27(23)15-17-11-12-17/h3-10,17H,2,11-16H2,1H3,(H,25,28). The zero-order valence-electron chi connectivity index (χ0n) is 16.4. The number of hydrogen-bond donors (Lipinski definition) is 1. The molecule has 1 N–H and O–H groups in total. The SMILES string of the molecule is CCc1ccccc1NC(=O)N1CCc2c(c3ccccc3n2CC2CC2)C1. The lowest BCUT2D eigenvalue weighted by Gasteiger charge is -2.29. The number of carbonyl (C=O) groups is 1. The Labute approximate surface area is 166 Å². The number of para-hydroxylation sites is 2. The summed E-state index contributed by atoms with van der Waals surface area (Å²) in [5, 5.41) is 4.45. The van der Waals surface area contributed by atoms with Crippen LogP contribution >= 0.6 is 0 Å². The normalized spacial score (nSPS) is 16.2. The summed E-state index contributed by atoms with van der Waals surface area (Å²) in [6.45, 7) is 4.71. The third-order valence-electron chi connectivity index (χ3n) is 6.23. The van der Waals surface area contributed by atoms with Crippen molar-refractivity contribution < 1.29 is 4.79 Å². The van der Waals surface area contributed by atoms with Crippen molar-refractivity contribution >= 4 is 22.6 Å². The molecular formula is C24H27N3O. The third kappa shape index (κ3) is 3.07. The van der Waals surface area contributed by atoms with Gasteiger partial charge in [-0.25, -0.2) is 4.79 Å². The molecule has 4 heteroatoms. The number of rotatable bonds is 4. The zero-order chi connectivity index (χ0) is 19.1. The first-order chi connectivity index (χ1) is 13.7. The Bertz CT molecular complexity index is 1030. The summed E-state index contributed by atoms with van der Waals surface area (Å²) in [7, 11) is 0. The average molecular weight is 374 g/mol. The molecule has 2 heterocycles. The molecule has 4 nitrogen and oxygen atoms in total. The van der Waals surface area contributed by atoms with Crippen LogP contribution in [0.4, 0.5) is 10.5 Å². The Kier molecular flexibility index (Phi) is 4.34. The summed E-state index contributed by atoms with van der Waals surface area (Å²) >= 11 is 0. The molecule has 0 bridgehead atoms. The number of benzene rings is 2. The monoisotopic (exact) mass is 373 g/mol. The van der Waals surface area contributed by atoms with Gasteiger partial charge in [0.05, 0.1) is 0 Å². The van der Waals surface area contributed by atoms with Crippen molar-refractivity contribution in [2.24, 2.45) is 5.92 Å². The van der Waals surface area contributed by atoms with E-state index in [2.05, 4.69) is 47.1 Å². The van der Waals surface area contributed by atoms with Gasteiger partial charge < -0.3 is 14.8 Å². The van der Waals surface area contributed by atoms with Crippen molar-refractivity contribution in [1.82, 2.24) is 9.47 Å². The first-order valence-corrected chi connectivity index (χ1v) is 10.5. The van der Waals surface area contributed by atoms with Crippen molar-refractivity contribution in [3.05, 3.63) is 65.4 Å². The second-order valence-corrected chi connectivity index (χ2v) is 8.11. The first-order valence-electron chi connectivity index (χ1n) is 10.5. The molecule has 0 saturated heterocycles. The van der Waals surface area contributed by atoms with E-state index in [9.17, 15) is 4.79 Å². The van der Waals surface area contributed by atoms with E-state index in [1.165, 1.54) is 40.6 Å². The number of aromatic nitrogens is 1. The number of nitrogens with zero attached hydrogens (tertiary/aromatic N) is 2.